The van der Waals surface area contributed by atoms with E-state index >= 15 is 0 Å². The number of fused-ring (bicyclic) bond motifs is 1. The predicted octanol–water partition coefficient (Wildman–Crippen LogP) is 0.753. The number of ether oxygens (including phenoxy) is 1. The van der Waals surface area contributed by atoms with Gasteiger partial charge in [0.05, 0.1) is 18.7 Å². The van der Waals surface area contributed by atoms with Gasteiger partial charge in [0.2, 0.25) is 0 Å². The molecule has 3 rings (SSSR count). The van der Waals surface area contributed by atoms with Crippen LogP contribution in [0, 0.1) is 0 Å². The maximum Gasteiger partial charge on any atom is 0.175 e. The topological polar surface area (TPSA) is 55.8 Å². The Bertz CT molecular complexity index is 502. The van der Waals surface area contributed by atoms with Gasteiger partial charge in [-0.1, -0.05) is 6.07 Å². The molecule has 1 aliphatic rings. The van der Waals surface area contributed by atoms with Gasteiger partial charge >= 0.3 is 0 Å². The van der Waals surface area contributed by atoms with Gasteiger partial charge in [-0.2, -0.15) is 0 Å². The Kier molecular flexibility index (Phi) is 2.18. The summed E-state index contributed by atoms with van der Waals surface area (Å²) in [7, 11) is 0. The van der Waals surface area contributed by atoms with Gasteiger partial charge in [0, 0.05) is 19.3 Å². The average molecular weight is 218 g/mol. The molecule has 1 fully saturated rings. The van der Waals surface area contributed by atoms with Crippen molar-refractivity contribution in [3.8, 4) is 0 Å². The van der Waals surface area contributed by atoms with Crippen LogP contribution < -0.4 is 10.6 Å². The van der Waals surface area contributed by atoms with Gasteiger partial charge in [-0.25, -0.2) is 4.52 Å². The monoisotopic (exact) mass is 218 g/mol. The number of pyridine rings is 1. The lowest BCUT2D eigenvalue weighted by Crippen LogP contribution is -2.36. The minimum atomic E-state index is 0.743. The van der Waals surface area contributed by atoms with Crippen LogP contribution in [0.5, 0.6) is 0 Å². The second kappa shape index (κ2) is 3.68. The van der Waals surface area contributed by atoms with E-state index in [9.17, 15) is 0 Å². The molecule has 0 unspecified atom stereocenters. The summed E-state index contributed by atoms with van der Waals surface area (Å²) in [4.78, 5) is 2.17. The smallest absolute Gasteiger partial charge is 0.175 e. The van der Waals surface area contributed by atoms with E-state index in [2.05, 4.69) is 10.00 Å². The molecule has 1 saturated heterocycles. The Morgan fingerprint density at radius 3 is 2.81 bits per heavy atom. The SMILES string of the molecule is Nc1c(N2CCOCC2)nn2ccccc12. The van der Waals surface area contributed by atoms with Gasteiger partial charge in [-0.3, -0.25) is 0 Å². The Labute approximate surface area is 93.4 Å². The van der Waals surface area contributed by atoms with Gasteiger partial charge in [-0.05, 0) is 12.1 Å². The molecule has 0 aromatic carbocycles. The first-order valence-electron chi connectivity index (χ1n) is 5.42. The first-order valence-corrected chi connectivity index (χ1v) is 5.42. The summed E-state index contributed by atoms with van der Waals surface area (Å²) < 4.78 is 7.14. The number of nitrogen functional groups attached to an aromatic ring is 1. The molecule has 0 bridgehead atoms. The largest absolute Gasteiger partial charge is 0.394 e. The number of hydrogen-bond acceptors (Lipinski definition) is 4. The average Bonchev–Trinajstić information content (AvgIpc) is 2.69. The van der Waals surface area contributed by atoms with Gasteiger partial charge < -0.3 is 15.4 Å². The fourth-order valence-corrected chi connectivity index (χ4v) is 2.01. The van der Waals surface area contributed by atoms with Crippen molar-refractivity contribution in [1.29, 1.82) is 0 Å². The van der Waals surface area contributed by atoms with Crippen LogP contribution >= 0.6 is 0 Å². The molecule has 3 heterocycles. The van der Waals surface area contributed by atoms with E-state index in [0.29, 0.717) is 0 Å². The third-order valence-corrected chi connectivity index (χ3v) is 2.87. The van der Waals surface area contributed by atoms with Crippen molar-refractivity contribution >= 4 is 17.0 Å². The van der Waals surface area contributed by atoms with E-state index in [1.54, 1.807) is 0 Å². The van der Waals surface area contributed by atoms with Crippen molar-refractivity contribution in [3.05, 3.63) is 24.4 Å². The first-order chi connectivity index (χ1) is 7.86. The molecule has 0 aliphatic carbocycles. The molecule has 84 valence electrons. The van der Waals surface area contributed by atoms with E-state index in [0.717, 1.165) is 43.3 Å². The summed E-state index contributed by atoms with van der Waals surface area (Å²) in [5.74, 6) is 0.870. The molecular weight excluding hydrogens is 204 g/mol. The highest BCUT2D eigenvalue weighted by atomic mass is 16.5. The van der Waals surface area contributed by atoms with Crippen LogP contribution in [0.4, 0.5) is 11.5 Å². The molecule has 2 aromatic heterocycles. The van der Waals surface area contributed by atoms with Crippen LogP contribution in [0.1, 0.15) is 0 Å². The maximum atomic E-state index is 6.10. The van der Waals surface area contributed by atoms with Gasteiger partial charge in [0.1, 0.15) is 5.69 Å². The summed E-state index contributed by atoms with van der Waals surface area (Å²) in [6, 6.07) is 5.89. The van der Waals surface area contributed by atoms with Crippen LogP contribution in [-0.4, -0.2) is 35.9 Å². The minimum Gasteiger partial charge on any atom is -0.394 e. The third-order valence-electron chi connectivity index (χ3n) is 2.87. The Morgan fingerprint density at radius 1 is 1.25 bits per heavy atom. The molecule has 16 heavy (non-hydrogen) atoms. The number of anilines is 2. The lowest BCUT2D eigenvalue weighted by atomic mass is 10.3. The second-order valence-corrected chi connectivity index (χ2v) is 3.87. The fraction of sp³-hybridized carbons (Fsp3) is 0.364. The summed E-state index contributed by atoms with van der Waals surface area (Å²) >= 11 is 0. The Morgan fingerprint density at radius 2 is 2.06 bits per heavy atom. The van der Waals surface area contributed by atoms with Gasteiger partial charge in [-0.15, -0.1) is 5.10 Å². The standard InChI is InChI=1S/C11H14N4O/c12-10-9-3-1-2-4-15(9)13-11(10)14-5-7-16-8-6-14/h1-4H,5-8,12H2. The van der Waals surface area contributed by atoms with E-state index in [1.807, 2.05) is 28.9 Å². The van der Waals surface area contributed by atoms with Crippen LogP contribution in [0.3, 0.4) is 0 Å². The highest BCUT2D eigenvalue weighted by Crippen LogP contribution is 2.26. The number of nitrogens with two attached hydrogens (primary N) is 1. The fourth-order valence-electron chi connectivity index (χ4n) is 2.01. The minimum absolute atomic E-state index is 0.743. The zero-order valence-corrected chi connectivity index (χ0v) is 8.97. The Balaban J connectivity index is 2.05. The highest BCUT2D eigenvalue weighted by Gasteiger charge is 2.18. The van der Waals surface area contributed by atoms with Gasteiger partial charge in [0.25, 0.3) is 0 Å². The molecule has 0 saturated carbocycles. The molecule has 0 amide bonds. The van der Waals surface area contributed by atoms with E-state index in [-0.39, 0.29) is 0 Å². The second-order valence-electron chi connectivity index (χ2n) is 3.87. The third kappa shape index (κ3) is 1.40. The molecule has 0 radical (unpaired) electrons. The van der Waals surface area contributed by atoms with Crippen LogP contribution in [0.15, 0.2) is 24.4 Å². The van der Waals surface area contributed by atoms with Crippen molar-refractivity contribution in [2.75, 3.05) is 36.9 Å². The molecular formula is C11H14N4O. The summed E-state index contributed by atoms with van der Waals surface area (Å²) in [5.41, 5.74) is 7.82. The van der Waals surface area contributed by atoms with E-state index < -0.39 is 0 Å². The van der Waals surface area contributed by atoms with Crippen molar-refractivity contribution in [3.63, 3.8) is 0 Å². The molecule has 5 heteroatoms. The number of rotatable bonds is 1. The van der Waals surface area contributed by atoms with E-state index in [1.165, 1.54) is 0 Å². The van der Waals surface area contributed by atoms with Crippen molar-refractivity contribution in [2.24, 2.45) is 0 Å². The number of aromatic nitrogens is 2. The number of hydrogen-bond donors (Lipinski definition) is 1. The Hall–Kier alpha value is -1.75. The summed E-state index contributed by atoms with van der Waals surface area (Å²) in [5, 5.41) is 4.50. The lowest BCUT2D eigenvalue weighted by Gasteiger charge is -2.26. The van der Waals surface area contributed by atoms with Crippen LogP contribution in [0.2, 0.25) is 0 Å². The molecule has 2 aromatic rings. The summed E-state index contributed by atoms with van der Waals surface area (Å²) in [6.07, 6.45) is 1.91. The zero-order chi connectivity index (χ0) is 11.0. The highest BCUT2D eigenvalue weighted by molar-refractivity contribution is 5.81. The quantitative estimate of drug-likeness (QED) is 0.767. The number of nitrogens with zero attached hydrogens (tertiary/aromatic N) is 3. The lowest BCUT2D eigenvalue weighted by molar-refractivity contribution is 0.122. The van der Waals surface area contributed by atoms with Crippen molar-refractivity contribution in [1.82, 2.24) is 9.61 Å². The zero-order valence-electron chi connectivity index (χ0n) is 8.97. The van der Waals surface area contributed by atoms with Crippen LogP contribution in [0.25, 0.3) is 5.52 Å². The molecule has 1 aliphatic heterocycles. The molecule has 2 N–H and O–H groups in total. The normalized spacial score (nSPS) is 16.9. The first kappa shape index (κ1) is 9.47. The predicted molar refractivity (Wildman–Crippen MR) is 62.6 cm³/mol. The van der Waals surface area contributed by atoms with E-state index in [4.69, 9.17) is 10.5 Å². The summed E-state index contributed by atoms with van der Waals surface area (Å²) in [6.45, 7) is 3.20. The maximum absolute atomic E-state index is 6.10. The van der Waals surface area contributed by atoms with Crippen LogP contribution in [-0.2, 0) is 4.74 Å². The van der Waals surface area contributed by atoms with Crippen molar-refractivity contribution < 1.29 is 4.74 Å². The van der Waals surface area contributed by atoms with Crippen molar-refractivity contribution in [2.45, 2.75) is 0 Å². The van der Waals surface area contributed by atoms with Gasteiger partial charge in [0.15, 0.2) is 5.82 Å². The molecule has 0 spiro atoms. The molecule has 5 nitrogen and oxygen atoms in total. The number of morpholine rings is 1. The molecule has 0 atom stereocenters.